The molecular formula is C18H27N3O2. The highest BCUT2D eigenvalue weighted by atomic mass is 16.5. The monoisotopic (exact) mass is 317 g/mol. The SMILES string of the molecule is CN=C(NCc1ccc(OC)cc1OC)N1CCC2(CCC2)C1. The van der Waals surface area contributed by atoms with Crippen LogP contribution in [0.1, 0.15) is 31.2 Å². The summed E-state index contributed by atoms with van der Waals surface area (Å²) in [5, 5.41) is 3.48. The second kappa shape index (κ2) is 6.69. The summed E-state index contributed by atoms with van der Waals surface area (Å²) in [5.41, 5.74) is 1.68. The van der Waals surface area contributed by atoms with E-state index in [1.165, 1.54) is 25.7 Å². The van der Waals surface area contributed by atoms with Gasteiger partial charge in [0.05, 0.1) is 14.2 Å². The Morgan fingerprint density at radius 3 is 2.65 bits per heavy atom. The van der Waals surface area contributed by atoms with Gasteiger partial charge in [-0.25, -0.2) is 0 Å². The fourth-order valence-electron chi connectivity index (χ4n) is 3.71. The molecule has 0 bridgehead atoms. The van der Waals surface area contributed by atoms with Gasteiger partial charge in [0, 0.05) is 38.3 Å². The van der Waals surface area contributed by atoms with E-state index in [0.29, 0.717) is 12.0 Å². The molecule has 1 aliphatic carbocycles. The number of hydrogen-bond donors (Lipinski definition) is 1. The molecular weight excluding hydrogens is 290 g/mol. The lowest BCUT2D eigenvalue weighted by molar-refractivity contribution is 0.151. The highest BCUT2D eigenvalue weighted by Gasteiger charge is 2.43. The number of likely N-dealkylation sites (tertiary alicyclic amines) is 1. The molecule has 1 aromatic carbocycles. The van der Waals surface area contributed by atoms with Crippen LogP contribution in [0.15, 0.2) is 23.2 Å². The lowest BCUT2D eigenvalue weighted by Crippen LogP contribution is -2.42. The first kappa shape index (κ1) is 16.0. The minimum atomic E-state index is 0.579. The van der Waals surface area contributed by atoms with Crippen molar-refractivity contribution in [1.29, 1.82) is 0 Å². The Kier molecular flexibility index (Phi) is 4.64. The minimum Gasteiger partial charge on any atom is -0.497 e. The zero-order valence-electron chi connectivity index (χ0n) is 14.4. The molecule has 2 aliphatic rings. The van der Waals surface area contributed by atoms with Crippen LogP contribution in [0, 0.1) is 5.41 Å². The second-order valence-corrected chi connectivity index (χ2v) is 6.60. The molecule has 0 aromatic heterocycles. The third-order valence-electron chi connectivity index (χ3n) is 5.30. The Morgan fingerprint density at radius 2 is 2.09 bits per heavy atom. The van der Waals surface area contributed by atoms with Crippen molar-refractivity contribution < 1.29 is 9.47 Å². The van der Waals surface area contributed by atoms with Gasteiger partial charge in [-0.05, 0) is 36.8 Å². The fraction of sp³-hybridized carbons (Fsp3) is 0.611. The molecule has 23 heavy (non-hydrogen) atoms. The van der Waals surface area contributed by atoms with Crippen molar-refractivity contribution in [3.8, 4) is 11.5 Å². The van der Waals surface area contributed by atoms with Crippen molar-refractivity contribution in [2.24, 2.45) is 10.4 Å². The lowest BCUT2D eigenvalue weighted by Gasteiger charge is -2.38. The first-order valence-electron chi connectivity index (χ1n) is 8.36. The van der Waals surface area contributed by atoms with E-state index in [-0.39, 0.29) is 0 Å². The number of hydrogen-bond acceptors (Lipinski definition) is 3. The van der Waals surface area contributed by atoms with Gasteiger partial charge in [0.15, 0.2) is 5.96 Å². The minimum absolute atomic E-state index is 0.579. The predicted molar refractivity (Wildman–Crippen MR) is 92.2 cm³/mol. The van der Waals surface area contributed by atoms with Crippen LogP contribution in [-0.4, -0.2) is 45.2 Å². The number of aliphatic imine (C=N–C) groups is 1. The van der Waals surface area contributed by atoms with Gasteiger partial charge in [0.1, 0.15) is 11.5 Å². The second-order valence-electron chi connectivity index (χ2n) is 6.60. The largest absolute Gasteiger partial charge is 0.497 e. The summed E-state index contributed by atoms with van der Waals surface area (Å²) in [6.07, 6.45) is 5.46. The Hall–Kier alpha value is -1.91. The number of nitrogens with zero attached hydrogens (tertiary/aromatic N) is 2. The van der Waals surface area contributed by atoms with Crippen molar-refractivity contribution in [2.45, 2.75) is 32.2 Å². The summed E-state index contributed by atoms with van der Waals surface area (Å²) >= 11 is 0. The van der Waals surface area contributed by atoms with Crippen molar-refractivity contribution in [1.82, 2.24) is 10.2 Å². The topological polar surface area (TPSA) is 46.1 Å². The quantitative estimate of drug-likeness (QED) is 0.685. The maximum absolute atomic E-state index is 5.47. The summed E-state index contributed by atoms with van der Waals surface area (Å²) in [4.78, 5) is 6.86. The van der Waals surface area contributed by atoms with E-state index >= 15 is 0 Å². The predicted octanol–water partition coefficient (Wildman–Crippen LogP) is 2.66. The summed E-state index contributed by atoms with van der Waals surface area (Å²) in [6, 6.07) is 5.91. The maximum atomic E-state index is 5.47. The Bertz CT molecular complexity index is 582. The number of nitrogens with one attached hydrogen (secondary N) is 1. The molecule has 0 amide bonds. The summed E-state index contributed by atoms with van der Waals surface area (Å²) in [7, 11) is 5.21. The average Bonchev–Trinajstić information content (AvgIpc) is 3.01. The van der Waals surface area contributed by atoms with E-state index in [0.717, 1.165) is 36.1 Å². The molecule has 0 radical (unpaired) electrons. The molecule has 3 rings (SSSR count). The van der Waals surface area contributed by atoms with Gasteiger partial charge in [-0.3, -0.25) is 4.99 Å². The van der Waals surface area contributed by atoms with E-state index in [9.17, 15) is 0 Å². The number of methoxy groups -OCH3 is 2. The molecule has 126 valence electrons. The first-order valence-corrected chi connectivity index (χ1v) is 8.36. The molecule has 1 N–H and O–H groups in total. The van der Waals surface area contributed by atoms with Gasteiger partial charge in [0.25, 0.3) is 0 Å². The van der Waals surface area contributed by atoms with Crippen LogP contribution < -0.4 is 14.8 Å². The van der Waals surface area contributed by atoms with E-state index in [2.05, 4.69) is 15.2 Å². The van der Waals surface area contributed by atoms with Crippen molar-refractivity contribution in [3.63, 3.8) is 0 Å². The van der Waals surface area contributed by atoms with Gasteiger partial charge in [-0.15, -0.1) is 0 Å². The van der Waals surface area contributed by atoms with Crippen LogP contribution in [0.5, 0.6) is 11.5 Å². The molecule has 0 atom stereocenters. The Labute approximate surface area is 138 Å². The molecule has 0 unspecified atom stereocenters. The molecule has 1 saturated heterocycles. The number of benzene rings is 1. The summed E-state index contributed by atoms with van der Waals surface area (Å²) < 4.78 is 10.7. The maximum Gasteiger partial charge on any atom is 0.193 e. The van der Waals surface area contributed by atoms with Crippen LogP contribution >= 0.6 is 0 Å². The van der Waals surface area contributed by atoms with Crippen molar-refractivity contribution >= 4 is 5.96 Å². The van der Waals surface area contributed by atoms with E-state index in [4.69, 9.17) is 9.47 Å². The smallest absolute Gasteiger partial charge is 0.193 e. The zero-order valence-corrected chi connectivity index (χ0v) is 14.4. The highest BCUT2D eigenvalue weighted by molar-refractivity contribution is 5.80. The van der Waals surface area contributed by atoms with Crippen LogP contribution in [0.4, 0.5) is 0 Å². The van der Waals surface area contributed by atoms with Gasteiger partial charge >= 0.3 is 0 Å². The summed E-state index contributed by atoms with van der Waals surface area (Å²) in [5.74, 6) is 2.64. The van der Waals surface area contributed by atoms with Crippen LogP contribution in [0.2, 0.25) is 0 Å². The normalized spacial score (nSPS) is 19.6. The Morgan fingerprint density at radius 1 is 1.26 bits per heavy atom. The number of ether oxygens (including phenoxy) is 2. The van der Waals surface area contributed by atoms with Crippen LogP contribution in [0.3, 0.4) is 0 Å². The standard InChI is InChI=1S/C18H27N3O2/c1-19-17(21-10-9-18(13-21)7-4-8-18)20-12-14-5-6-15(22-2)11-16(14)23-3/h5-6,11H,4,7-10,12-13H2,1-3H3,(H,19,20). The van der Waals surface area contributed by atoms with Gasteiger partial charge in [-0.2, -0.15) is 0 Å². The highest BCUT2D eigenvalue weighted by Crippen LogP contribution is 2.47. The third-order valence-corrected chi connectivity index (χ3v) is 5.30. The van der Waals surface area contributed by atoms with E-state index in [1.807, 2.05) is 25.2 Å². The summed E-state index contributed by atoms with van der Waals surface area (Å²) in [6.45, 7) is 2.95. The molecule has 1 aliphatic heterocycles. The molecule has 1 heterocycles. The average molecular weight is 317 g/mol. The van der Waals surface area contributed by atoms with E-state index in [1.54, 1.807) is 14.2 Å². The zero-order chi connectivity index (χ0) is 16.3. The van der Waals surface area contributed by atoms with Gasteiger partial charge < -0.3 is 19.7 Å². The number of rotatable bonds is 4. The number of guanidine groups is 1. The molecule has 1 saturated carbocycles. The molecule has 1 aromatic rings. The first-order chi connectivity index (χ1) is 11.2. The van der Waals surface area contributed by atoms with Crippen LogP contribution in [-0.2, 0) is 6.54 Å². The van der Waals surface area contributed by atoms with Crippen molar-refractivity contribution in [2.75, 3.05) is 34.4 Å². The fourth-order valence-corrected chi connectivity index (χ4v) is 3.71. The Balaban J connectivity index is 1.62. The van der Waals surface area contributed by atoms with Crippen LogP contribution in [0.25, 0.3) is 0 Å². The third kappa shape index (κ3) is 3.23. The van der Waals surface area contributed by atoms with Crippen molar-refractivity contribution in [3.05, 3.63) is 23.8 Å². The lowest BCUT2D eigenvalue weighted by atomic mass is 9.68. The van der Waals surface area contributed by atoms with Gasteiger partial charge in [-0.1, -0.05) is 6.42 Å². The molecule has 5 heteroatoms. The van der Waals surface area contributed by atoms with Gasteiger partial charge in [0.2, 0.25) is 0 Å². The van der Waals surface area contributed by atoms with E-state index < -0.39 is 0 Å². The molecule has 5 nitrogen and oxygen atoms in total. The molecule has 1 spiro atoms. The molecule has 2 fully saturated rings.